The molecule has 0 aromatic heterocycles. The average molecular weight is 453 g/mol. The third-order valence-corrected chi connectivity index (χ3v) is 4.98. The van der Waals surface area contributed by atoms with E-state index in [9.17, 15) is 9.59 Å². The topological polar surface area (TPSA) is 85.9 Å². The van der Waals surface area contributed by atoms with Crippen LogP contribution in [-0.2, 0) is 14.3 Å². The smallest absolute Gasteiger partial charge is 0.344 e. The molecule has 1 saturated heterocycles. The summed E-state index contributed by atoms with van der Waals surface area (Å²) >= 11 is 11.6. The zero-order valence-corrected chi connectivity index (χ0v) is 17.6. The van der Waals surface area contributed by atoms with Crippen molar-refractivity contribution in [3.05, 3.63) is 58.6 Å². The third-order valence-electron chi connectivity index (χ3n) is 4.48. The molecule has 3 rings (SSSR count). The second kappa shape index (κ2) is 11.1. The Morgan fingerprint density at radius 2 is 1.47 bits per heavy atom. The molecule has 2 aromatic carbocycles. The molecular weight excluding hydrogens is 431 g/mol. The Labute approximate surface area is 184 Å². The Morgan fingerprint density at radius 1 is 0.900 bits per heavy atom. The normalized spacial score (nSPS) is 17.9. The summed E-state index contributed by atoms with van der Waals surface area (Å²) in [6, 6.07) is 13.5. The lowest BCUT2D eigenvalue weighted by Crippen LogP contribution is -2.38. The van der Waals surface area contributed by atoms with Gasteiger partial charge in [-0.2, -0.15) is 0 Å². The summed E-state index contributed by atoms with van der Waals surface area (Å²) in [4.78, 5) is 24.1. The molecule has 1 fully saturated rings. The molecule has 2 unspecified atom stereocenters. The van der Waals surface area contributed by atoms with E-state index in [4.69, 9.17) is 37.4 Å². The molecule has 30 heavy (non-hydrogen) atoms. The van der Waals surface area contributed by atoms with Crippen molar-refractivity contribution in [2.75, 3.05) is 32.8 Å². The van der Waals surface area contributed by atoms with Crippen LogP contribution in [0.15, 0.2) is 48.5 Å². The zero-order chi connectivity index (χ0) is 21.3. The first kappa shape index (κ1) is 22.2. The van der Waals surface area contributed by atoms with Gasteiger partial charge in [-0.05, 0) is 48.5 Å². The summed E-state index contributed by atoms with van der Waals surface area (Å²) in [5.41, 5.74) is 0. The molecule has 2 N–H and O–H groups in total. The summed E-state index contributed by atoms with van der Waals surface area (Å²) in [6.45, 7) is 1.21. The Balaban J connectivity index is 1.37. The van der Waals surface area contributed by atoms with Crippen molar-refractivity contribution in [3.63, 3.8) is 0 Å². The Kier molecular flexibility index (Phi) is 8.19. The lowest BCUT2D eigenvalue weighted by molar-refractivity contribution is -0.152. The average Bonchev–Trinajstić information content (AvgIpc) is 3.18. The van der Waals surface area contributed by atoms with E-state index in [1.54, 1.807) is 48.5 Å². The van der Waals surface area contributed by atoms with E-state index in [0.717, 1.165) is 0 Å². The lowest BCUT2D eigenvalue weighted by atomic mass is 10.1. The van der Waals surface area contributed by atoms with Crippen molar-refractivity contribution in [1.29, 1.82) is 0 Å². The second-order valence-corrected chi connectivity index (χ2v) is 7.61. The van der Waals surface area contributed by atoms with Gasteiger partial charge in [-0.3, -0.25) is 4.79 Å². The van der Waals surface area contributed by atoms with Gasteiger partial charge in [-0.15, -0.1) is 0 Å². The second-order valence-electron chi connectivity index (χ2n) is 6.74. The zero-order valence-electron chi connectivity index (χ0n) is 16.1. The van der Waals surface area contributed by atoms with Crippen molar-refractivity contribution in [1.82, 2.24) is 10.6 Å². The first-order valence-corrected chi connectivity index (χ1v) is 10.2. The van der Waals surface area contributed by atoms with Gasteiger partial charge in [-0.25, -0.2) is 4.79 Å². The van der Waals surface area contributed by atoms with E-state index in [-0.39, 0.29) is 31.1 Å². The van der Waals surface area contributed by atoms with Gasteiger partial charge in [0.2, 0.25) is 0 Å². The minimum absolute atomic E-state index is 0.0380. The summed E-state index contributed by atoms with van der Waals surface area (Å²) < 4.78 is 16.3. The van der Waals surface area contributed by atoms with Crippen LogP contribution >= 0.6 is 23.2 Å². The van der Waals surface area contributed by atoms with Crippen molar-refractivity contribution in [2.24, 2.45) is 5.92 Å². The number of carbonyl (C=O) groups excluding carboxylic acids is 2. The number of hydrogen-bond acceptors (Lipinski definition) is 6. The van der Waals surface area contributed by atoms with E-state index in [1.165, 1.54) is 0 Å². The molecule has 0 saturated carbocycles. The molecule has 0 bridgehead atoms. The summed E-state index contributed by atoms with van der Waals surface area (Å²) in [5.74, 6) is 0.327. The van der Waals surface area contributed by atoms with Crippen LogP contribution in [0.3, 0.4) is 0 Å². The van der Waals surface area contributed by atoms with Crippen LogP contribution in [-0.4, -0.2) is 50.8 Å². The van der Waals surface area contributed by atoms with Gasteiger partial charge in [0.05, 0.1) is 0 Å². The van der Waals surface area contributed by atoms with E-state index in [1.807, 2.05) is 0 Å². The van der Waals surface area contributed by atoms with E-state index in [2.05, 4.69) is 10.6 Å². The highest BCUT2D eigenvalue weighted by molar-refractivity contribution is 6.30. The number of benzene rings is 2. The molecule has 0 spiro atoms. The predicted octanol–water partition coefficient (Wildman–Crippen LogP) is 2.70. The largest absolute Gasteiger partial charge is 0.484 e. The number of nitrogens with one attached hydrogen (secondary N) is 2. The summed E-state index contributed by atoms with van der Waals surface area (Å²) in [5, 5.41) is 7.16. The highest BCUT2D eigenvalue weighted by Crippen LogP contribution is 2.17. The molecule has 160 valence electrons. The molecule has 1 heterocycles. The van der Waals surface area contributed by atoms with E-state index < -0.39 is 5.97 Å². The molecule has 9 heteroatoms. The lowest BCUT2D eigenvalue weighted by Gasteiger charge is -2.19. The molecule has 7 nitrogen and oxygen atoms in total. The van der Waals surface area contributed by atoms with Crippen molar-refractivity contribution in [3.8, 4) is 11.5 Å². The number of halogens is 2. The van der Waals surface area contributed by atoms with E-state index >= 15 is 0 Å². The fourth-order valence-corrected chi connectivity index (χ4v) is 3.15. The third kappa shape index (κ3) is 7.09. The van der Waals surface area contributed by atoms with Gasteiger partial charge in [0.25, 0.3) is 5.91 Å². The van der Waals surface area contributed by atoms with E-state index in [0.29, 0.717) is 41.2 Å². The Morgan fingerprint density at radius 3 is 2.07 bits per heavy atom. The molecule has 1 aliphatic heterocycles. The highest BCUT2D eigenvalue weighted by atomic mass is 35.5. The molecule has 2 aromatic rings. The number of amides is 1. The van der Waals surface area contributed by atoms with Crippen molar-refractivity contribution >= 4 is 35.1 Å². The minimum atomic E-state index is -0.471. The molecule has 1 amide bonds. The van der Waals surface area contributed by atoms with Gasteiger partial charge in [0.1, 0.15) is 17.6 Å². The van der Waals surface area contributed by atoms with Crippen molar-refractivity contribution < 1.29 is 23.8 Å². The molecule has 2 atom stereocenters. The van der Waals surface area contributed by atoms with Crippen LogP contribution in [0.1, 0.15) is 0 Å². The number of carbonyl (C=O) groups is 2. The number of ether oxygens (including phenoxy) is 3. The standard InChI is InChI=1S/C21H22Cl2N2O5/c22-15-1-5-17(6-2-15)28-12-20(26)25-10-14-9-24-11-19(14)30-21(27)13-29-18-7-3-16(23)4-8-18/h1-8,14,19,24H,9-13H2,(H,25,26). The maximum absolute atomic E-state index is 12.1. The first-order valence-electron chi connectivity index (χ1n) is 9.43. The molecule has 0 aliphatic carbocycles. The monoisotopic (exact) mass is 452 g/mol. The Bertz CT molecular complexity index is 845. The van der Waals surface area contributed by atoms with Crippen LogP contribution in [0.2, 0.25) is 10.0 Å². The van der Waals surface area contributed by atoms with Gasteiger partial charge in [0.15, 0.2) is 13.2 Å². The molecule has 0 radical (unpaired) electrons. The Hall–Kier alpha value is -2.48. The van der Waals surface area contributed by atoms with Gasteiger partial charge in [-0.1, -0.05) is 23.2 Å². The summed E-state index contributed by atoms with van der Waals surface area (Å²) in [7, 11) is 0. The number of hydrogen-bond donors (Lipinski definition) is 2. The van der Waals surface area contributed by atoms with Crippen LogP contribution in [0, 0.1) is 5.92 Å². The van der Waals surface area contributed by atoms with Gasteiger partial charge < -0.3 is 24.8 Å². The quantitative estimate of drug-likeness (QED) is 0.568. The van der Waals surface area contributed by atoms with Crippen LogP contribution in [0.25, 0.3) is 0 Å². The fraction of sp³-hybridized carbons (Fsp3) is 0.333. The SMILES string of the molecule is O=C(COc1ccc(Cl)cc1)NCC1CNCC1OC(=O)COc1ccc(Cl)cc1. The predicted molar refractivity (Wildman–Crippen MR) is 113 cm³/mol. The number of rotatable bonds is 9. The highest BCUT2D eigenvalue weighted by Gasteiger charge is 2.30. The molecular formula is C21H22Cl2N2O5. The van der Waals surface area contributed by atoms with Gasteiger partial charge in [0, 0.05) is 35.6 Å². The van der Waals surface area contributed by atoms with Crippen LogP contribution in [0.4, 0.5) is 0 Å². The fourth-order valence-electron chi connectivity index (χ4n) is 2.90. The van der Waals surface area contributed by atoms with Crippen molar-refractivity contribution in [2.45, 2.75) is 6.10 Å². The maximum Gasteiger partial charge on any atom is 0.344 e. The van der Waals surface area contributed by atoms with Gasteiger partial charge >= 0.3 is 5.97 Å². The summed E-state index contributed by atoms with van der Waals surface area (Å²) in [6.07, 6.45) is -0.344. The molecule has 1 aliphatic rings. The van der Waals surface area contributed by atoms with Crippen LogP contribution < -0.4 is 20.1 Å². The minimum Gasteiger partial charge on any atom is -0.484 e. The first-order chi connectivity index (χ1) is 14.5. The maximum atomic E-state index is 12.1. The number of esters is 1. The van der Waals surface area contributed by atoms with Crippen LogP contribution in [0.5, 0.6) is 11.5 Å².